The normalized spacial score (nSPS) is 27.3. The predicted molar refractivity (Wildman–Crippen MR) is 71.2 cm³/mol. The van der Waals surface area contributed by atoms with Crippen LogP contribution in [0.15, 0.2) is 12.4 Å². The van der Waals surface area contributed by atoms with Gasteiger partial charge in [0, 0.05) is 44.0 Å². The maximum atomic E-state index is 6.27. The molecule has 2 heterocycles. The zero-order valence-electron chi connectivity index (χ0n) is 11.5. The van der Waals surface area contributed by atoms with Gasteiger partial charge in [-0.25, -0.2) is 0 Å². The van der Waals surface area contributed by atoms with Gasteiger partial charge in [0.05, 0.1) is 18.9 Å². The summed E-state index contributed by atoms with van der Waals surface area (Å²) in [4.78, 5) is 2.45. The van der Waals surface area contributed by atoms with Crippen molar-refractivity contribution < 1.29 is 4.74 Å². The summed E-state index contributed by atoms with van der Waals surface area (Å²) in [6.07, 6.45) is 5.26. The molecule has 0 aromatic carbocycles. The first-order valence-electron chi connectivity index (χ1n) is 6.70. The third-order valence-electron chi connectivity index (χ3n) is 3.64. The Balaban J connectivity index is 1.98. The van der Waals surface area contributed by atoms with Crippen LogP contribution in [0.2, 0.25) is 0 Å². The number of morpholine rings is 1. The Kier molecular flexibility index (Phi) is 4.37. The molecule has 1 saturated heterocycles. The Bertz CT molecular complexity index is 379. The molecule has 5 heteroatoms. The minimum atomic E-state index is 0.0260. The van der Waals surface area contributed by atoms with E-state index in [0.29, 0.717) is 12.1 Å². The lowest BCUT2D eigenvalue weighted by molar-refractivity contribution is -0.0575. The molecular formula is C13H24N4O. The smallest absolute Gasteiger partial charge is 0.0674 e. The van der Waals surface area contributed by atoms with Crippen molar-refractivity contribution in [2.45, 2.75) is 38.5 Å². The number of aryl methyl sites for hydroxylation is 1. The maximum Gasteiger partial charge on any atom is 0.0674 e. The molecule has 3 unspecified atom stereocenters. The van der Waals surface area contributed by atoms with Crippen molar-refractivity contribution in [1.82, 2.24) is 14.7 Å². The van der Waals surface area contributed by atoms with Gasteiger partial charge >= 0.3 is 0 Å². The van der Waals surface area contributed by atoms with Crippen LogP contribution in [0, 0.1) is 0 Å². The molecule has 102 valence electrons. The van der Waals surface area contributed by atoms with Crippen LogP contribution in [0.3, 0.4) is 0 Å². The second kappa shape index (κ2) is 5.82. The number of hydrogen-bond acceptors (Lipinski definition) is 4. The molecule has 5 nitrogen and oxygen atoms in total. The summed E-state index contributed by atoms with van der Waals surface area (Å²) in [5.74, 6) is 0. The van der Waals surface area contributed by atoms with Gasteiger partial charge in [-0.1, -0.05) is 6.92 Å². The van der Waals surface area contributed by atoms with Crippen LogP contribution in [-0.4, -0.2) is 46.5 Å². The Morgan fingerprint density at radius 3 is 3.00 bits per heavy atom. The van der Waals surface area contributed by atoms with E-state index in [1.165, 1.54) is 0 Å². The van der Waals surface area contributed by atoms with Gasteiger partial charge in [0.25, 0.3) is 0 Å². The van der Waals surface area contributed by atoms with Crippen LogP contribution >= 0.6 is 0 Å². The molecule has 0 radical (unpaired) electrons. The molecule has 1 aliphatic heterocycles. The molecule has 1 aliphatic rings. The lowest BCUT2D eigenvalue weighted by Gasteiger charge is -2.39. The second-order valence-electron chi connectivity index (χ2n) is 5.21. The van der Waals surface area contributed by atoms with E-state index in [4.69, 9.17) is 10.5 Å². The lowest BCUT2D eigenvalue weighted by atomic mass is 10.1. The Morgan fingerprint density at radius 2 is 2.39 bits per heavy atom. The van der Waals surface area contributed by atoms with E-state index < -0.39 is 0 Å². The average Bonchev–Trinajstić information content (AvgIpc) is 2.76. The highest BCUT2D eigenvalue weighted by molar-refractivity contribution is 5.10. The molecule has 1 fully saturated rings. The molecule has 18 heavy (non-hydrogen) atoms. The summed E-state index contributed by atoms with van der Waals surface area (Å²) in [5, 5.41) is 4.18. The summed E-state index contributed by atoms with van der Waals surface area (Å²) >= 11 is 0. The maximum absolute atomic E-state index is 6.27. The van der Waals surface area contributed by atoms with Crippen LogP contribution in [0.5, 0.6) is 0 Å². The first kappa shape index (κ1) is 13.5. The van der Waals surface area contributed by atoms with Gasteiger partial charge in [-0.05, 0) is 13.3 Å². The fourth-order valence-electron chi connectivity index (χ4n) is 2.50. The number of nitrogens with zero attached hydrogens (tertiary/aromatic N) is 3. The standard InChI is InChI=1S/C13H24N4O/c1-4-12-9-18-10(2)6-17(12)8-13(14)11-5-15-16(3)7-11/h5,7,10,12-13H,4,6,8-9,14H2,1-3H3. The van der Waals surface area contributed by atoms with Crippen molar-refractivity contribution in [2.75, 3.05) is 19.7 Å². The minimum Gasteiger partial charge on any atom is -0.376 e. The van der Waals surface area contributed by atoms with Gasteiger partial charge in [0.1, 0.15) is 0 Å². The van der Waals surface area contributed by atoms with Crippen LogP contribution in [0.4, 0.5) is 0 Å². The zero-order chi connectivity index (χ0) is 13.1. The van der Waals surface area contributed by atoms with Crippen molar-refractivity contribution in [2.24, 2.45) is 12.8 Å². The van der Waals surface area contributed by atoms with E-state index in [0.717, 1.165) is 31.7 Å². The molecule has 2 N–H and O–H groups in total. The van der Waals surface area contributed by atoms with Crippen LogP contribution < -0.4 is 5.73 Å². The highest BCUT2D eigenvalue weighted by atomic mass is 16.5. The molecule has 0 aliphatic carbocycles. The summed E-state index contributed by atoms with van der Waals surface area (Å²) in [5.41, 5.74) is 7.37. The highest BCUT2D eigenvalue weighted by Gasteiger charge is 2.27. The number of ether oxygens (including phenoxy) is 1. The molecule has 0 spiro atoms. The van der Waals surface area contributed by atoms with Gasteiger partial charge in [0.2, 0.25) is 0 Å². The van der Waals surface area contributed by atoms with Crippen LogP contribution in [0.25, 0.3) is 0 Å². The molecule has 3 atom stereocenters. The summed E-state index contributed by atoms with van der Waals surface area (Å²) in [6, 6.07) is 0.516. The fraction of sp³-hybridized carbons (Fsp3) is 0.769. The second-order valence-corrected chi connectivity index (χ2v) is 5.21. The van der Waals surface area contributed by atoms with Gasteiger partial charge < -0.3 is 10.5 Å². The summed E-state index contributed by atoms with van der Waals surface area (Å²) < 4.78 is 7.50. The van der Waals surface area contributed by atoms with Crippen molar-refractivity contribution in [1.29, 1.82) is 0 Å². The van der Waals surface area contributed by atoms with E-state index in [-0.39, 0.29) is 6.04 Å². The van der Waals surface area contributed by atoms with Crippen LogP contribution in [-0.2, 0) is 11.8 Å². The Hall–Kier alpha value is -0.910. The topological polar surface area (TPSA) is 56.3 Å². The van der Waals surface area contributed by atoms with E-state index in [1.807, 2.05) is 19.4 Å². The molecule has 2 rings (SSSR count). The number of nitrogens with two attached hydrogens (primary N) is 1. The molecule has 0 bridgehead atoms. The van der Waals surface area contributed by atoms with Gasteiger partial charge in [-0.3, -0.25) is 9.58 Å². The van der Waals surface area contributed by atoms with Crippen molar-refractivity contribution in [3.63, 3.8) is 0 Å². The fourth-order valence-corrected chi connectivity index (χ4v) is 2.50. The van der Waals surface area contributed by atoms with Crippen molar-refractivity contribution >= 4 is 0 Å². The van der Waals surface area contributed by atoms with E-state index in [9.17, 15) is 0 Å². The van der Waals surface area contributed by atoms with Gasteiger partial charge in [0.15, 0.2) is 0 Å². The highest BCUT2D eigenvalue weighted by Crippen LogP contribution is 2.18. The van der Waals surface area contributed by atoms with Gasteiger partial charge in [-0.15, -0.1) is 0 Å². The zero-order valence-corrected chi connectivity index (χ0v) is 11.5. The van der Waals surface area contributed by atoms with E-state index in [1.54, 1.807) is 4.68 Å². The monoisotopic (exact) mass is 252 g/mol. The number of hydrogen-bond donors (Lipinski definition) is 1. The quantitative estimate of drug-likeness (QED) is 0.865. The first-order chi connectivity index (χ1) is 8.60. The number of aromatic nitrogens is 2. The largest absolute Gasteiger partial charge is 0.376 e. The SMILES string of the molecule is CCC1COC(C)CN1CC(N)c1cnn(C)c1. The predicted octanol–water partition coefficient (Wildman–Crippen LogP) is 0.919. The molecular weight excluding hydrogens is 228 g/mol. The molecule has 1 aromatic rings. The average molecular weight is 252 g/mol. The van der Waals surface area contributed by atoms with Crippen molar-refractivity contribution in [3.8, 4) is 0 Å². The third kappa shape index (κ3) is 3.10. The summed E-state index contributed by atoms with van der Waals surface area (Å²) in [7, 11) is 1.92. The summed E-state index contributed by atoms with van der Waals surface area (Å²) in [6.45, 7) is 6.98. The third-order valence-corrected chi connectivity index (χ3v) is 3.64. The molecule has 0 saturated carbocycles. The minimum absolute atomic E-state index is 0.0260. The van der Waals surface area contributed by atoms with E-state index >= 15 is 0 Å². The lowest BCUT2D eigenvalue weighted by Crippen LogP contribution is -2.50. The van der Waals surface area contributed by atoms with Crippen LogP contribution in [0.1, 0.15) is 31.9 Å². The first-order valence-corrected chi connectivity index (χ1v) is 6.70. The Labute approximate surface area is 109 Å². The van der Waals surface area contributed by atoms with Crippen molar-refractivity contribution in [3.05, 3.63) is 18.0 Å². The molecule has 1 aromatic heterocycles. The Morgan fingerprint density at radius 1 is 1.61 bits per heavy atom. The van der Waals surface area contributed by atoms with E-state index in [2.05, 4.69) is 23.8 Å². The van der Waals surface area contributed by atoms with Gasteiger partial charge in [-0.2, -0.15) is 5.10 Å². The molecule has 0 amide bonds. The number of rotatable bonds is 4.